The maximum absolute atomic E-state index is 6.53. The zero-order valence-electron chi connectivity index (χ0n) is 18.4. The van der Waals surface area contributed by atoms with Crippen LogP contribution in [0.25, 0.3) is 0 Å². The SMILES string of the molecule is CCNC(=NCc1cc(C(C)C)no1)NCC(c1ccccc1Cl)N1CCOCC1.I. The van der Waals surface area contributed by atoms with Gasteiger partial charge in [-0.25, -0.2) is 4.99 Å². The Morgan fingerprint density at radius 1 is 1.23 bits per heavy atom. The van der Waals surface area contributed by atoms with Crippen molar-refractivity contribution in [2.45, 2.75) is 39.3 Å². The summed E-state index contributed by atoms with van der Waals surface area (Å²) in [5.74, 6) is 1.83. The zero-order chi connectivity index (χ0) is 21.3. The molecule has 2 N–H and O–H groups in total. The first-order chi connectivity index (χ1) is 14.6. The third kappa shape index (κ3) is 7.62. The van der Waals surface area contributed by atoms with Gasteiger partial charge in [0.25, 0.3) is 0 Å². The van der Waals surface area contributed by atoms with Crippen LogP contribution in [-0.4, -0.2) is 55.4 Å². The van der Waals surface area contributed by atoms with E-state index in [9.17, 15) is 0 Å². The monoisotopic (exact) mass is 561 g/mol. The van der Waals surface area contributed by atoms with Gasteiger partial charge in [0.2, 0.25) is 0 Å². The van der Waals surface area contributed by atoms with E-state index in [1.54, 1.807) is 0 Å². The lowest BCUT2D eigenvalue weighted by Gasteiger charge is -2.35. The minimum absolute atomic E-state index is 0. The predicted octanol–water partition coefficient (Wildman–Crippen LogP) is 4.20. The Kier molecular flexibility index (Phi) is 11.1. The quantitative estimate of drug-likeness (QED) is 0.286. The number of morpholine rings is 1. The molecule has 2 aromatic rings. The van der Waals surface area contributed by atoms with Crippen molar-refractivity contribution in [2.75, 3.05) is 39.4 Å². The fourth-order valence-electron chi connectivity index (χ4n) is 3.44. The van der Waals surface area contributed by atoms with E-state index in [1.165, 1.54) is 0 Å². The van der Waals surface area contributed by atoms with Crippen LogP contribution in [0, 0.1) is 0 Å². The average Bonchev–Trinajstić information content (AvgIpc) is 3.23. The molecule has 0 amide bonds. The van der Waals surface area contributed by atoms with Crippen LogP contribution in [0.15, 0.2) is 39.8 Å². The van der Waals surface area contributed by atoms with Crippen molar-refractivity contribution in [3.05, 3.63) is 52.4 Å². The van der Waals surface area contributed by atoms with Gasteiger partial charge in [0.1, 0.15) is 6.54 Å². The Bertz CT molecular complexity index is 824. The first-order valence-corrected chi connectivity index (χ1v) is 11.0. The molecule has 1 fully saturated rings. The minimum Gasteiger partial charge on any atom is -0.379 e. The van der Waals surface area contributed by atoms with Crippen LogP contribution in [0.1, 0.15) is 49.7 Å². The molecule has 2 heterocycles. The summed E-state index contributed by atoms with van der Waals surface area (Å²) in [6.45, 7) is 11.4. The normalized spacial score (nSPS) is 16.1. The molecule has 1 atom stereocenters. The van der Waals surface area contributed by atoms with Crippen LogP contribution in [0.4, 0.5) is 0 Å². The van der Waals surface area contributed by atoms with Gasteiger partial charge < -0.3 is 19.9 Å². The highest BCUT2D eigenvalue weighted by atomic mass is 127. The lowest BCUT2D eigenvalue weighted by molar-refractivity contribution is 0.0170. The number of nitrogens with zero attached hydrogens (tertiary/aromatic N) is 3. The molecule has 172 valence electrons. The molecular formula is C22H33ClIN5O2. The third-order valence-corrected chi connectivity index (χ3v) is 5.46. The summed E-state index contributed by atoms with van der Waals surface area (Å²) in [5.41, 5.74) is 2.06. The van der Waals surface area contributed by atoms with Crippen LogP contribution in [0.3, 0.4) is 0 Å². The Hall–Kier alpha value is -1.36. The second-order valence-electron chi connectivity index (χ2n) is 7.63. The largest absolute Gasteiger partial charge is 0.379 e. The molecule has 1 aliphatic heterocycles. The van der Waals surface area contributed by atoms with Crippen LogP contribution in [-0.2, 0) is 11.3 Å². The Balaban J connectivity index is 0.00000341. The summed E-state index contributed by atoms with van der Waals surface area (Å²) in [6, 6.07) is 10.1. The summed E-state index contributed by atoms with van der Waals surface area (Å²) in [5, 5.41) is 11.7. The summed E-state index contributed by atoms with van der Waals surface area (Å²) in [7, 11) is 0. The van der Waals surface area contributed by atoms with E-state index >= 15 is 0 Å². The Morgan fingerprint density at radius 2 is 1.97 bits per heavy atom. The molecule has 0 aliphatic carbocycles. The molecule has 9 heteroatoms. The van der Waals surface area contributed by atoms with E-state index < -0.39 is 0 Å². The molecule has 31 heavy (non-hydrogen) atoms. The maximum atomic E-state index is 6.53. The van der Waals surface area contributed by atoms with E-state index in [1.807, 2.05) is 24.3 Å². The lowest BCUT2D eigenvalue weighted by atomic mass is 10.0. The van der Waals surface area contributed by atoms with Crippen molar-refractivity contribution < 1.29 is 9.26 Å². The summed E-state index contributed by atoms with van der Waals surface area (Å²) in [4.78, 5) is 7.08. The molecule has 1 aromatic carbocycles. The number of hydrogen-bond donors (Lipinski definition) is 2. The van der Waals surface area contributed by atoms with E-state index in [4.69, 9.17) is 20.9 Å². The van der Waals surface area contributed by atoms with Crippen molar-refractivity contribution in [3.8, 4) is 0 Å². The maximum Gasteiger partial charge on any atom is 0.191 e. The number of benzene rings is 1. The lowest BCUT2D eigenvalue weighted by Crippen LogP contribution is -2.46. The first kappa shape index (κ1) is 25.9. The van der Waals surface area contributed by atoms with E-state index in [0.29, 0.717) is 19.0 Å². The number of rotatable bonds is 8. The topological polar surface area (TPSA) is 74.9 Å². The van der Waals surface area contributed by atoms with Gasteiger partial charge in [-0.15, -0.1) is 24.0 Å². The van der Waals surface area contributed by atoms with Crippen molar-refractivity contribution in [1.29, 1.82) is 0 Å². The molecule has 1 aromatic heterocycles. The molecule has 3 rings (SSSR count). The number of aromatic nitrogens is 1. The fraction of sp³-hybridized carbons (Fsp3) is 0.545. The Labute approximate surface area is 207 Å². The van der Waals surface area contributed by atoms with Gasteiger partial charge in [0, 0.05) is 37.3 Å². The first-order valence-electron chi connectivity index (χ1n) is 10.6. The van der Waals surface area contributed by atoms with E-state index in [2.05, 4.69) is 52.5 Å². The van der Waals surface area contributed by atoms with E-state index in [0.717, 1.165) is 60.8 Å². The number of aliphatic imine (C=N–C) groups is 1. The van der Waals surface area contributed by atoms with Crippen LogP contribution >= 0.6 is 35.6 Å². The molecule has 0 spiro atoms. The summed E-state index contributed by atoms with van der Waals surface area (Å²) >= 11 is 6.53. The third-order valence-electron chi connectivity index (χ3n) is 5.12. The number of hydrogen-bond acceptors (Lipinski definition) is 5. The predicted molar refractivity (Wildman–Crippen MR) is 135 cm³/mol. The number of nitrogens with one attached hydrogen (secondary N) is 2. The van der Waals surface area contributed by atoms with Crippen LogP contribution < -0.4 is 10.6 Å². The van der Waals surface area contributed by atoms with Crippen molar-refractivity contribution >= 4 is 41.5 Å². The van der Waals surface area contributed by atoms with Crippen LogP contribution in [0.2, 0.25) is 5.02 Å². The fourth-order valence-corrected chi connectivity index (χ4v) is 3.70. The molecule has 0 radical (unpaired) electrons. The molecule has 1 saturated heterocycles. The van der Waals surface area contributed by atoms with Crippen molar-refractivity contribution in [3.63, 3.8) is 0 Å². The highest BCUT2D eigenvalue weighted by Gasteiger charge is 2.24. The van der Waals surface area contributed by atoms with Gasteiger partial charge in [0.15, 0.2) is 11.7 Å². The molecule has 0 saturated carbocycles. The molecule has 1 unspecified atom stereocenters. The highest BCUT2D eigenvalue weighted by Crippen LogP contribution is 2.27. The highest BCUT2D eigenvalue weighted by molar-refractivity contribution is 14.0. The second-order valence-corrected chi connectivity index (χ2v) is 8.04. The average molecular weight is 562 g/mol. The van der Waals surface area contributed by atoms with Gasteiger partial charge in [-0.3, -0.25) is 4.90 Å². The number of ether oxygens (including phenoxy) is 1. The number of halogens is 2. The zero-order valence-corrected chi connectivity index (χ0v) is 21.5. The van der Waals surface area contributed by atoms with Gasteiger partial charge in [-0.2, -0.15) is 0 Å². The molecule has 0 bridgehead atoms. The Morgan fingerprint density at radius 3 is 2.61 bits per heavy atom. The van der Waals surface area contributed by atoms with Gasteiger partial charge in [0.05, 0.1) is 24.9 Å². The van der Waals surface area contributed by atoms with Gasteiger partial charge in [-0.05, 0) is 24.5 Å². The second kappa shape index (κ2) is 13.2. The van der Waals surface area contributed by atoms with Gasteiger partial charge in [-0.1, -0.05) is 48.8 Å². The van der Waals surface area contributed by atoms with E-state index in [-0.39, 0.29) is 30.0 Å². The molecule has 7 nitrogen and oxygen atoms in total. The van der Waals surface area contributed by atoms with Crippen molar-refractivity contribution in [1.82, 2.24) is 20.7 Å². The van der Waals surface area contributed by atoms with Gasteiger partial charge >= 0.3 is 0 Å². The molecule has 1 aliphatic rings. The summed E-state index contributed by atoms with van der Waals surface area (Å²) in [6.07, 6.45) is 0. The number of guanidine groups is 1. The minimum atomic E-state index is 0. The summed E-state index contributed by atoms with van der Waals surface area (Å²) < 4.78 is 10.9. The van der Waals surface area contributed by atoms with Crippen molar-refractivity contribution in [2.24, 2.45) is 4.99 Å². The standard InChI is InChI=1S/C22H32ClN5O2.HI/c1-4-24-22(25-14-17-13-20(16(2)3)27-30-17)26-15-21(28-9-11-29-12-10-28)18-7-5-6-8-19(18)23;/h5-8,13,16,21H,4,9-12,14-15H2,1-3H3,(H2,24,25,26);1H. The molecular weight excluding hydrogens is 529 g/mol. The van der Waals surface area contributed by atoms with Crippen LogP contribution in [0.5, 0.6) is 0 Å². The smallest absolute Gasteiger partial charge is 0.191 e.